The minimum absolute atomic E-state index is 0.228. The van der Waals surface area contributed by atoms with E-state index < -0.39 is 17.6 Å². The van der Waals surface area contributed by atoms with Crippen molar-refractivity contribution in [3.05, 3.63) is 35.8 Å². The fourth-order valence-electron chi connectivity index (χ4n) is 1.26. The second kappa shape index (κ2) is 4.45. The predicted molar refractivity (Wildman–Crippen MR) is 61.2 cm³/mol. The Morgan fingerprint density at radius 2 is 2.00 bits per heavy atom. The van der Waals surface area contributed by atoms with Crippen LogP contribution in [0.1, 0.15) is 5.56 Å². The maximum absolute atomic E-state index is 13.4. The number of aromatic nitrogens is 1. The first-order valence-corrected chi connectivity index (χ1v) is 5.53. The number of nitrogens with zero attached hydrogens (tertiary/aromatic N) is 1. The lowest BCUT2D eigenvalue weighted by Gasteiger charge is -2.10. The van der Waals surface area contributed by atoms with E-state index in [4.69, 9.17) is 5.73 Å². The molecular weight excluding hydrogens is 270 g/mol. The Balaban J connectivity index is 2.32. The van der Waals surface area contributed by atoms with Crippen molar-refractivity contribution < 1.29 is 17.6 Å². The second-order valence-corrected chi connectivity index (χ2v) is 4.45. The zero-order valence-electron chi connectivity index (χ0n) is 8.75. The van der Waals surface area contributed by atoms with Crippen LogP contribution in [0.4, 0.5) is 33.4 Å². The van der Waals surface area contributed by atoms with E-state index in [-0.39, 0.29) is 10.8 Å². The van der Waals surface area contributed by atoms with Gasteiger partial charge in [-0.15, -0.1) is 0 Å². The molecule has 0 bridgehead atoms. The first kappa shape index (κ1) is 12.6. The van der Waals surface area contributed by atoms with Crippen molar-refractivity contribution in [2.75, 3.05) is 11.1 Å². The van der Waals surface area contributed by atoms with Gasteiger partial charge in [0.15, 0.2) is 5.13 Å². The van der Waals surface area contributed by atoms with Crippen LogP contribution in [0.2, 0.25) is 0 Å². The number of hydrogen-bond donors (Lipinski definition) is 2. The largest absolute Gasteiger partial charge is 0.416 e. The van der Waals surface area contributed by atoms with Crippen molar-refractivity contribution in [1.82, 2.24) is 4.98 Å². The number of anilines is 3. The van der Waals surface area contributed by atoms with Crippen LogP contribution in [-0.4, -0.2) is 4.98 Å². The third kappa shape index (κ3) is 2.70. The summed E-state index contributed by atoms with van der Waals surface area (Å²) in [4.78, 5) is 3.78. The molecule has 0 aliphatic rings. The molecule has 0 spiro atoms. The van der Waals surface area contributed by atoms with Crippen LogP contribution < -0.4 is 11.1 Å². The molecule has 0 radical (unpaired) electrons. The zero-order valence-corrected chi connectivity index (χ0v) is 9.57. The molecule has 1 aromatic carbocycles. The van der Waals surface area contributed by atoms with Crippen LogP contribution in [0.5, 0.6) is 0 Å². The Morgan fingerprint density at radius 3 is 2.56 bits per heavy atom. The standard InChI is InChI=1S/C10H7F4N3S/c11-6-2-1-5(10(12,13)14)3-7(6)17-9-16-4-8(15)18-9/h1-4H,15H2,(H,16,17). The molecule has 0 atom stereocenters. The number of nitrogen functional groups attached to an aromatic ring is 1. The molecule has 2 rings (SSSR count). The summed E-state index contributed by atoms with van der Waals surface area (Å²) >= 11 is 1.01. The Bertz CT molecular complexity index is 564. The van der Waals surface area contributed by atoms with Gasteiger partial charge < -0.3 is 11.1 Å². The van der Waals surface area contributed by atoms with Crippen LogP contribution in [0.25, 0.3) is 0 Å². The number of nitrogens with two attached hydrogens (primary N) is 1. The highest BCUT2D eigenvalue weighted by Gasteiger charge is 2.31. The van der Waals surface area contributed by atoms with Crippen LogP contribution >= 0.6 is 11.3 Å². The van der Waals surface area contributed by atoms with Crippen LogP contribution in [-0.2, 0) is 6.18 Å². The number of alkyl halides is 3. The Morgan fingerprint density at radius 1 is 1.28 bits per heavy atom. The molecule has 0 fully saturated rings. The van der Waals surface area contributed by atoms with E-state index in [1.807, 2.05) is 0 Å². The van der Waals surface area contributed by atoms with Gasteiger partial charge in [0, 0.05) is 0 Å². The summed E-state index contributed by atoms with van der Waals surface area (Å²) in [6.45, 7) is 0. The summed E-state index contributed by atoms with van der Waals surface area (Å²) in [5, 5.41) is 3.06. The highest BCUT2D eigenvalue weighted by Crippen LogP contribution is 2.33. The van der Waals surface area contributed by atoms with Gasteiger partial charge in [-0.3, -0.25) is 0 Å². The van der Waals surface area contributed by atoms with Gasteiger partial charge in [-0.25, -0.2) is 9.37 Å². The van der Waals surface area contributed by atoms with Crippen LogP contribution in [0.3, 0.4) is 0 Å². The van der Waals surface area contributed by atoms with Gasteiger partial charge in [-0.05, 0) is 18.2 Å². The Labute approximate surface area is 103 Å². The number of hydrogen-bond acceptors (Lipinski definition) is 4. The molecule has 18 heavy (non-hydrogen) atoms. The Kier molecular flexibility index (Phi) is 3.12. The van der Waals surface area contributed by atoms with E-state index in [1.54, 1.807) is 0 Å². The van der Waals surface area contributed by atoms with E-state index in [1.165, 1.54) is 6.20 Å². The van der Waals surface area contributed by atoms with Gasteiger partial charge in [-0.1, -0.05) is 11.3 Å². The maximum Gasteiger partial charge on any atom is 0.416 e. The molecule has 8 heteroatoms. The number of rotatable bonds is 2. The first-order valence-electron chi connectivity index (χ1n) is 4.71. The fraction of sp³-hybridized carbons (Fsp3) is 0.100. The van der Waals surface area contributed by atoms with Crippen molar-refractivity contribution in [2.45, 2.75) is 6.18 Å². The highest BCUT2D eigenvalue weighted by molar-refractivity contribution is 7.19. The van der Waals surface area contributed by atoms with Gasteiger partial charge in [0.25, 0.3) is 0 Å². The monoisotopic (exact) mass is 277 g/mol. The minimum atomic E-state index is -4.52. The quantitative estimate of drug-likeness (QED) is 0.824. The number of benzene rings is 1. The highest BCUT2D eigenvalue weighted by atomic mass is 32.1. The molecule has 3 nitrogen and oxygen atoms in total. The maximum atomic E-state index is 13.4. The van der Waals surface area contributed by atoms with Gasteiger partial charge in [0.05, 0.1) is 17.4 Å². The third-order valence-corrected chi connectivity index (χ3v) is 2.80. The third-order valence-electron chi connectivity index (χ3n) is 2.06. The molecule has 96 valence electrons. The van der Waals surface area contributed by atoms with E-state index in [0.29, 0.717) is 17.1 Å². The molecule has 2 aromatic rings. The molecule has 0 saturated heterocycles. The van der Waals surface area contributed by atoms with E-state index in [9.17, 15) is 17.6 Å². The molecular formula is C10H7F4N3S. The van der Waals surface area contributed by atoms with Gasteiger partial charge >= 0.3 is 6.18 Å². The second-order valence-electron chi connectivity index (χ2n) is 3.39. The van der Waals surface area contributed by atoms with Crippen molar-refractivity contribution in [1.29, 1.82) is 0 Å². The lowest BCUT2D eigenvalue weighted by molar-refractivity contribution is -0.137. The number of nitrogens with one attached hydrogen (secondary N) is 1. The smallest absolute Gasteiger partial charge is 0.389 e. The molecule has 1 heterocycles. The van der Waals surface area contributed by atoms with E-state index >= 15 is 0 Å². The van der Waals surface area contributed by atoms with Crippen molar-refractivity contribution in [2.24, 2.45) is 0 Å². The molecule has 3 N–H and O–H groups in total. The number of halogens is 4. The average Bonchev–Trinajstić information content (AvgIpc) is 2.66. The fourth-order valence-corrected chi connectivity index (χ4v) is 1.85. The molecule has 0 aliphatic heterocycles. The number of thiazole rings is 1. The first-order chi connectivity index (χ1) is 8.36. The average molecular weight is 277 g/mol. The summed E-state index contributed by atoms with van der Waals surface area (Å²) in [5.41, 5.74) is 4.18. The Hall–Kier alpha value is -1.83. The summed E-state index contributed by atoms with van der Waals surface area (Å²) in [6, 6.07) is 2.12. The van der Waals surface area contributed by atoms with Crippen molar-refractivity contribution >= 4 is 27.2 Å². The summed E-state index contributed by atoms with van der Waals surface area (Å²) < 4.78 is 50.7. The van der Waals surface area contributed by atoms with Gasteiger partial charge in [0.1, 0.15) is 10.8 Å². The lowest BCUT2D eigenvalue weighted by atomic mass is 10.2. The summed E-state index contributed by atoms with van der Waals surface area (Å²) in [6.07, 6.45) is -3.19. The summed E-state index contributed by atoms with van der Waals surface area (Å²) in [7, 11) is 0. The SMILES string of the molecule is Nc1cnc(Nc2cc(C(F)(F)F)ccc2F)s1. The van der Waals surface area contributed by atoms with E-state index in [0.717, 1.165) is 17.4 Å². The van der Waals surface area contributed by atoms with Crippen LogP contribution in [0, 0.1) is 5.82 Å². The normalized spacial score (nSPS) is 11.6. The van der Waals surface area contributed by atoms with Crippen molar-refractivity contribution in [3.63, 3.8) is 0 Å². The molecule has 0 aliphatic carbocycles. The molecule has 0 unspecified atom stereocenters. The molecule has 0 saturated carbocycles. The minimum Gasteiger partial charge on any atom is -0.389 e. The summed E-state index contributed by atoms with van der Waals surface area (Å²) in [5.74, 6) is -0.795. The molecule has 1 aromatic heterocycles. The topological polar surface area (TPSA) is 50.9 Å². The molecule has 0 amide bonds. The zero-order chi connectivity index (χ0) is 13.3. The van der Waals surface area contributed by atoms with Crippen LogP contribution in [0.15, 0.2) is 24.4 Å². The lowest BCUT2D eigenvalue weighted by Crippen LogP contribution is -2.06. The van der Waals surface area contributed by atoms with Gasteiger partial charge in [-0.2, -0.15) is 13.2 Å². The van der Waals surface area contributed by atoms with Gasteiger partial charge in [0.2, 0.25) is 0 Å². The van der Waals surface area contributed by atoms with E-state index in [2.05, 4.69) is 10.3 Å². The predicted octanol–water partition coefficient (Wildman–Crippen LogP) is 3.63. The van der Waals surface area contributed by atoms with Crippen molar-refractivity contribution in [3.8, 4) is 0 Å².